The summed E-state index contributed by atoms with van der Waals surface area (Å²) in [4.78, 5) is 13.4. The number of amides is 1. The van der Waals surface area contributed by atoms with Gasteiger partial charge in [-0.05, 0) is 24.8 Å². The van der Waals surface area contributed by atoms with Gasteiger partial charge in [-0.15, -0.1) is 21.5 Å². The Morgan fingerprint density at radius 3 is 3.21 bits per heavy atom. The lowest BCUT2D eigenvalue weighted by Gasteiger charge is -2.03. The van der Waals surface area contributed by atoms with Crippen molar-refractivity contribution in [3.63, 3.8) is 0 Å². The summed E-state index contributed by atoms with van der Waals surface area (Å²) in [6.45, 7) is 0. The summed E-state index contributed by atoms with van der Waals surface area (Å²) < 4.78 is 2.72. The fraction of sp³-hybridized carbons (Fsp3) is 0.308. The second-order valence-electron chi connectivity index (χ2n) is 5.24. The average Bonchev–Trinajstić information content (AvgIpc) is 3.28. The monoisotopic (exact) mass is 360 g/mol. The van der Waals surface area contributed by atoms with Gasteiger partial charge in [0.15, 0.2) is 0 Å². The van der Waals surface area contributed by atoms with Crippen molar-refractivity contribution in [2.75, 3.05) is 16.9 Å². The Labute approximate surface area is 144 Å². The Balaban J connectivity index is 1.45. The molecule has 9 nitrogen and oxygen atoms in total. The molecule has 11 heteroatoms. The van der Waals surface area contributed by atoms with Crippen molar-refractivity contribution in [1.29, 1.82) is 5.26 Å². The number of carbonyl (C=O) groups is 1. The van der Waals surface area contributed by atoms with E-state index >= 15 is 0 Å². The number of aryl methyl sites for hydroxylation is 1. The van der Waals surface area contributed by atoms with Gasteiger partial charge in [0, 0.05) is 4.88 Å². The number of nitrogens with two attached hydrogens (primary N) is 1. The second kappa shape index (κ2) is 5.81. The van der Waals surface area contributed by atoms with Crippen LogP contribution in [-0.2, 0) is 17.6 Å². The molecular weight excluding hydrogens is 348 g/mol. The predicted octanol–water partition coefficient (Wildman–Crippen LogP) is 0.792. The van der Waals surface area contributed by atoms with E-state index in [1.807, 2.05) is 0 Å². The molecular formula is C13H12N8OS2. The zero-order chi connectivity index (χ0) is 16.7. The van der Waals surface area contributed by atoms with Crippen LogP contribution >= 0.6 is 23.1 Å². The van der Waals surface area contributed by atoms with E-state index in [1.54, 1.807) is 0 Å². The minimum Gasteiger partial charge on any atom is -0.335 e. The van der Waals surface area contributed by atoms with Gasteiger partial charge in [0.05, 0.1) is 11.3 Å². The first-order valence-corrected chi connectivity index (χ1v) is 8.98. The van der Waals surface area contributed by atoms with Gasteiger partial charge in [0.1, 0.15) is 17.4 Å². The number of carbonyl (C=O) groups excluding carboxylic acids is 1. The molecule has 0 bridgehead atoms. The first-order chi connectivity index (χ1) is 11.7. The molecule has 0 saturated carbocycles. The Kier molecular flexibility index (Phi) is 3.62. The van der Waals surface area contributed by atoms with Gasteiger partial charge in [0.25, 0.3) is 5.78 Å². The highest BCUT2D eigenvalue weighted by Gasteiger charge is 2.23. The molecule has 1 amide bonds. The van der Waals surface area contributed by atoms with Crippen LogP contribution in [0.5, 0.6) is 0 Å². The van der Waals surface area contributed by atoms with Gasteiger partial charge in [-0.1, -0.05) is 11.8 Å². The van der Waals surface area contributed by atoms with E-state index in [9.17, 15) is 10.1 Å². The molecule has 24 heavy (non-hydrogen) atoms. The zero-order valence-corrected chi connectivity index (χ0v) is 14.0. The van der Waals surface area contributed by atoms with Crippen LogP contribution < -0.4 is 11.2 Å². The summed E-state index contributed by atoms with van der Waals surface area (Å²) in [6, 6.07) is 2.21. The second-order valence-corrected chi connectivity index (χ2v) is 7.29. The van der Waals surface area contributed by atoms with Crippen molar-refractivity contribution in [2.24, 2.45) is 0 Å². The Morgan fingerprint density at radius 1 is 1.50 bits per heavy atom. The van der Waals surface area contributed by atoms with E-state index in [-0.39, 0.29) is 11.7 Å². The van der Waals surface area contributed by atoms with Crippen LogP contribution in [0.2, 0.25) is 0 Å². The number of nitrogens with zero attached hydrogens (tertiary/aromatic N) is 6. The van der Waals surface area contributed by atoms with Gasteiger partial charge < -0.3 is 11.2 Å². The van der Waals surface area contributed by atoms with Crippen LogP contribution in [-0.4, -0.2) is 36.1 Å². The maximum Gasteiger partial charge on any atom is 0.273 e. The van der Waals surface area contributed by atoms with Crippen LogP contribution in [0.3, 0.4) is 0 Å². The third-order valence-electron chi connectivity index (χ3n) is 3.74. The maximum absolute atomic E-state index is 12.2. The maximum atomic E-state index is 12.2. The van der Waals surface area contributed by atoms with Crippen molar-refractivity contribution >= 4 is 39.8 Å². The first kappa shape index (κ1) is 15.0. The molecule has 3 aromatic heterocycles. The number of thiophene rings is 1. The minimum atomic E-state index is -0.194. The standard InChI is InChI=1S/C13H12N8OS2/c14-4-8-7-2-1-3-9(7)24-11(8)17-10(22)5-23-13-19-18-12-20(15)6-16-21(12)13/h6H,1-3,5,15H2,(H,17,22). The van der Waals surface area contributed by atoms with E-state index in [2.05, 4.69) is 26.7 Å². The number of hydrogen-bond acceptors (Lipinski definition) is 8. The third-order valence-corrected chi connectivity index (χ3v) is 5.86. The quantitative estimate of drug-likeness (QED) is 0.520. The third kappa shape index (κ3) is 2.40. The van der Waals surface area contributed by atoms with Gasteiger partial charge in [0.2, 0.25) is 11.1 Å². The number of nitrogen functional groups attached to an aromatic ring is 1. The van der Waals surface area contributed by atoms with Crippen LogP contribution in [0.25, 0.3) is 5.78 Å². The van der Waals surface area contributed by atoms with Crippen LogP contribution in [0.1, 0.15) is 22.4 Å². The molecule has 3 aromatic rings. The van der Waals surface area contributed by atoms with Crippen molar-refractivity contribution < 1.29 is 4.79 Å². The lowest BCUT2D eigenvalue weighted by Crippen LogP contribution is -2.14. The Morgan fingerprint density at radius 2 is 2.38 bits per heavy atom. The number of nitriles is 1. The highest BCUT2D eigenvalue weighted by molar-refractivity contribution is 7.99. The topological polar surface area (TPSA) is 127 Å². The molecule has 0 radical (unpaired) electrons. The van der Waals surface area contributed by atoms with Crippen LogP contribution in [0.4, 0.5) is 5.00 Å². The molecule has 0 atom stereocenters. The number of nitrogens with one attached hydrogen (secondary N) is 1. The Hall–Kier alpha value is -2.58. The molecule has 122 valence electrons. The summed E-state index contributed by atoms with van der Waals surface area (Å²) in [5.41, 5.74) is 1.70. The van der Waals surface area contributed by atoms with Crippen molar-refractivity contribution in [3.8, 4) is 6.07 Å². The molecule has 1 aliphatic rings. The molecule has 0 unspecified atom stereocenters. The van der Waals surface area contributed by atoms with E-state index < -0.39 is 0 Å². The zero-order valence-electron chi connectivity index (χ0n) is 12.4. The summed E-state index contributed by atoms with van der Waals surface area (Å²) in [6.07, 6.45) is 4.40. The molecule has 3 heterocycles. The lowest BCUT2D eigenvalue weighted by atomic mass is 10.1. The highest BCUT2D eigenvalue weighted by atomic mass is 32.2. The smallest absolute Gasteiger partial charge is 0.273 e. The molecule has 1 aliphatic carbocycles. The number of aromatic nitrogens is 5. The average molecular weight is 360 g/mol. The molecule has 0 spiro atoms. The number of rotatable bonds is 4. The summed E-state index contributed by atoms with van der Waals surface area (Å²) in [7, 11) is 0. The number of anilines is 1. The molecule has 3 N–H and O–H groups in total. The van der Waals surface area contributed by atoms with E-state index in [4.69, 9.17) is 5.84 Å². The van der Waals surface area contributed by atoms with E-state index in [0.717, 1.165) is 24.8 Å². The summed E-state index contributed by atoms with van der Waals surface area (Å²) in [5, 5.41) is 25.2. The molecule has 0 aliphatic heterocycles. The molecule has 0 saturated heterocycles. The van der Waals surface area contributed by atoms with E-state index in [1.165, 1.54) is 43.5 Å². The fourth-order valence-corrected chi connectivity index (χ4v) is 4.61. The summed E-state index contributed by atoms with van der Waals surface area (Å²) in [5.74, 6) is 5.98. The van der Waals surface area contributed by atoms with Gasteiger partial charge in [-0.25, -0.2) is 4.68 Å². The lowest BCUT2D eigenvalue weighted by molar-refractivity contribution is -0.113. The summed E-state index contributed by atoms with van der Waals surface area (Å²) >= 11 is 2.71. The first-order valence-electron chi connectivity index (χ1n) is 7.18. The van der Waals surface area contributed by atoms with Crippen LogP contribution in [0, 0.1) is 11.3 Å². The van der Waals surface area contributed by atoms with Crippen molar-refractivity contribution in [3.05, 3.63) is 22.3 Å². The molecule has 4 rings (SSSR count). The number of fused-ring (bicyclic) bond motifs is 2. The highest BCUT2D eigenvalue weighted by Crippen LogP contribution is 2.38. The normalized spacial score (nSPS) is 13.1. The Bertz CT molecular complexity index is 978. The van der Waals surface area contributed by atoms with Gasteiger partial charge in [-0.2, -0.15) is 14.9 Å². The largest absolute Gasteiger partial charge is 0.335 e. The molecule has 0 aromatic carbocycles. The van der Waals surface area contributed by atoms with E-state index in [0.29, 0.717) is 21.5 Å². The van der Waals surface area contributed by atoms with Crippen molar-refractivity contribution in [1.82, 2.24) is 24.5 Å². The SMILES string of the molecule is N#Cc1c(NC(=O)CSc2nnc3n(N)cnn23)sc2c1CCC2. The predicted molar refractivity (Wildman–Crippen MR) is 89.3 cm³/mol. The molecule has 0 fully saturated rings. The fourth-order valence-electron chi connectivity index (χ4n) is 2.67. The number of thioether (sulfide) groups is 1. The number of hydrogen-bond donors (Lipinski definition) is 2. The van der Waals surface area contributed by atoms with Crippen LogP contribution in [0.15, 0.2) is 11.5 Å². The van der Waals surface area contributed by atoms with Crippen molar-refractivity contribution in [2.45, 2.75) is 24.4 Å². The van der Waals surface area contributed by atoms with Gasteiger partial charge in [-0.3, -0.25) is 4.79 Å². The van der Waals surface area contributed by atoms with Gasteiger partial charge >= 0.3 is 0 Å². The minimum absolute atomic E-state index is 0.145.